The highest BCUT2D eigenvalue weighted by atomic mass is 35.5. The number of carbonyl (C=O) groups excluding carboxylic acids is 2. The van der Waals surface area contributed by atoms with Gasteiger partial charge in [0, 0.05) is 26.2 Å². The molecule has 2 heterocycles. The number of Topliss-reactive ketones (excluding diaryl/α,β-unsaturated/α-hetero) is 1. The van der Waals surface area contributed by atoms with E-state index in [4.69, 9.17) is 16.3 Å². The number of ketones is 1. The summed E-state index contributed by atoms with van der Waals surface area (Å²) >= 11 is 6.22. The van der Waals surface area contributed by atoms with E-state index in [2.05, 4.69) is 10.6 Å². The molecule has 2 fully saturated rings. The number of esters is 1. The quantitative estimate of drug-likeness (QED) is 0.331. The maximum atomic E-state index is 14.5. The number of hydrogen-bond acceptors (Lipinski definition) is 6. The molecule has 4 unspecified atom stereocenters. The lowest BCUT2D eigenvalue weighted by molar-refractivity contribution is -0.147. The van der Waals surface area contributed by atoms with Crippen LogP contribution >= 0.6 is 11.6 Å². The van der Waals surface area contributed by atoms with Gasteiger partial charge < -0.3 is 10.1 Å². The van der Waals surface area contributed by atoms with E-state index < -0.39 is 29.7 Å². The van der Waals surface area contributed by atoms with Crippen LogP contribution in [0.15, 0.2) is 0 Å². The third-order valence-electron chi connectivity index (χ3n) is 4.09. The zero-order valence-corrected chi connectivity index (χ0v) is 15.4. The molecular formula is C16H29ClFN3O3. The first-order chi connectivity index (χ1) is 11.5. The molecule has 0 radical (unpaired) electrons. The van der Waals surface area contributed by atoms with Gasteiger partial charge in [-0.15, -0.1) is 11.6 Å². The van der Waals surface area contributed by atoms with E-state index in [-0.39, 0.29) is 25.2 Å². The highest BCUT2D eigenvalue weighted by Gasteiger charge is 2.42. The van der Waals surface area contributed by atoms with Crippen molar-refractivity contribution in [3.8, 4) is 0 Å². The second-order valence-electron chi connectivity index (χ2n) is 5.61. The van der Waals surface area contributed by atoms with E-state index in [0.29, 0.717) is 0 Å². The Morgan fingerprint density at radius 2 is 1.92 bits per heavy atom. The SMILES string of the molecule is CC.CCOC(=O)CC(=O)C1CC(F)C(N2CCNCC2)NC1Cl. The second kappa shape index (κ2) is 11.0. The van der Waals surface area contributed by atoms with Gasteiger partial charge in [0.05, 0.1) is 24.2 Å². The number of nitrogens with one attached hydrogen (secondary N) is 2. The summed E-state index contributed by atoms with van der Waals surface area (Å²) in [6, 6.07) is 0. The maximum absolute atomic E-state index is 14.5. The molecule has 2 N–H and O–H groups in total. The molecule has 0 aliphatic carbocycles. The third-order valence-corrected chi connectivity index (χ3v) is 4.52. The summed E-state index contributed by atoms with van der Waals surface area (Å²) in [4.78, 5) is 25.5. The molecule has 0 saturated carbocycles. The third kappa shape index (κ3) is 5.95. The number of hydrogen-bond donors (Lipinski definition) is 2. The first-order valence-electron chi connectivity index (χ1n) is 8.70. The lowest BCUT2D eigenvalue weighted by Crippen LogP contribution is -2.63. The monoisotopic (exact) mass is 365 g/mol. The molecular weight excluding hydrogens is 337 g/mol. The summed E-state index contributed by atoms with van der Waals surface area (Å²) in [5.74, 6) is -1.66. The first-order valence-corrected chi connectivity index (χ1v) is 9.14. The van der Waals surface area contributed by atoms with Crippen molar-refractivity contribution >= 4 is 23.4 Å². The molecule has 0 bridgehead atoms. The maximum Gasteiger partial charge on any atom is 0.313 e. The van der Waals surface area contributed by atoms with Gasteiger partial charge in [0.25, 0.3) is 0 Å². The minimum absolute atomic E-state index is 0.0357. The lowest BCUT2D eigenvalue weighted by atomic mass is 9.90. The van der Waals surface area contributed by atoms with Crippen LogP contribution in [-0.4, -0.2) is 67.3 Å². The van der Waals surface area contributed by atoms with Crippen molar-refractivity contribution in [1.29, 1.82) is 0 Å². The van der Waals surface area contributed by atoms with Gasteiger partial charge in [-0.25, -0.2) is 4.39 Å². The van der Waals surface area contributed by atoms with Gasteiger partial charge in [0.15, 0.2) is 0 Å². The average molecular weight is 366 g/mol. The second-order valence-corrected chi connectivity index (χ2v) is 6.08. The highest BCUT2D eigenvalue weighted by Crippen LogP contribution is 2.28. The number of alkyl halides is 2. The van der Waals surface area contributed by atoms with Crippen molar-refractivity contribution < 1.29 is 18.7 Å². The number of rotatable bonds is 5. The molecule has 0 aromatic rings. The van der Waals surface area contributed by atoms with Crippen LogP contribution in [0.25, 0.3) is 0 Å². The normalized spacial score (nSPS) is 30.9. The highest BCUT2D eigenvalue weighted by molar-refractivity contribution is 6.22. The fourth-order valence-electron chi connectivity index (χ4n) is 2.95. The van der Waals surface area contributed by atoms with Crippen LogP contribution in [-0.2, 0) is 14.3 Å². The number of nitrogens with zero attached hydrogens (tertiary/aromatic N) is 1. The van der Waals surface area contributed by atoms with E-state index in [1.165, 1.54) is 0 Å². The summed E-state index contributed by atoms with van der Waals surface area (Å²) in [6.45, 7) is 8.99. The van der Waals surface area contributed by atoms with Gasteiger partial charge >= 0.3 is 5.97 Å². The van der Waals surface area contributed by atoms with E-state index in [9.17, 15) is 14.0 Å². The summed E-state index contributed by atoms with van der Waals surface area (Å²) in [6.07, 6.45) is -1.98. The van der Waals surface area contributed by atoms with Gasteiger partial charge in [-0.3, -0.25) is 19.8 Å². The summed E-state index contributed by atoms with van der Waals surface area (Å²) in [5.41, 5.74) is -0.672. The molecule has 0 amide bonds. The Morgan fingerprint density at radius 3 is 2.50 bits per heavy atom. The fourth-order valence-corrected chi connectivity index (χ4v) is 3.32. The number of piperidine rings is 1. The van der Waals surface area contributed by atoms with E-state index in [1.807, 2.05) is 18.7 Å². The van der Waals surface area contributed by atoms with Crippen LogP contribution in [0.4, 0.5) is 4.39 Å². The Bertz CT molecular complexity index is 408. The van der Waals surface area contributed by atoms with Crippen LogP contribution in [0.5, 0.6) is 0 Å². The van der Waals surface area contributed by atoms with Crippen molar-refractivity contribution in [2.45, 2.75) is 51.5 Å². The van der Waals surface area contributed by atoms with Crippen LogP contribution in [0, 0.1) is 5.92 Å². The molecule has 0 aromatic heterocycles. The largest absolute Gasteiger partial charge is 0.466 e. The van der Waals surface area contributed by atoms with Crippen LogP contribution in [0.3, 0.4) is 0 Å². The molecule has 6 nitrogen and oxygen atoms in total. The molecule has 8 heteroatoms. The van der Waals surface area contributed by atoms with Crippen molar-refractivity contribution in [2.75, 3.05) is 32.8 Å². The Balaban J connectivity index is 0.00000139. The van der Waals surface area contributed by atoms with Gasteiger partial charge in [0.2, 0.25) is 0 Å². The molecule has 2 saturated heterocycles. The molecule has 4 atom stereocenters. The Morgan fingerprint density at radius 1 is 1.29 bits per heavy atom. The minimum atomic E-state index is -1.19. The fraction of sp³-hybridized carbons (Fsp3) is 0.875. The van der Waals surface area contributed by atoms with Gasteiger partial charge in [-0.05, 0) is 13.3 Å². The van der Waals surface area contributed by atoms with Crippen molar-refractivity contribution in [2.24, 2.45) is 5.92 Å². The van der Waals surface area contributed by atoms with E-state index >= 15 is 0 Å². The Hall–Kier alpha value is -0.760. The van der Waals surface area contributed by atoms with E-state index in [0.717, 1.165) is 26.2 Å². The van der Waals surface area contributed by atoms with Crippen molar-refractivity contribution in [3.63, 3.8) is 0 Å². The molecule has 24 heavy (non-hydrogen) atoms. The Kier molecular flexibility index (Phi) is 9.73. The molecule has 2 rings (SSSR count). The van der Waals surface area contributed by atoms with Gasteiger partial charge in [-0.2, -0.15) is 0 Å². The topological polar surface area (TPSA) is 70.7 Å². The number of piperazine rings is 1. The first kappa shape index (κ1) is 21.3. The van der Waals surface area contributed by atoms with Crippen molar-refractivity contribution in [1.82, 2.24) is 15.5 Å². The summed E-state index contributed by atoms with van der Waals surface area (Å²) in [7, 11) is 0. The summed E-state index contributed by atoms with van der Waals surface area (Å²) < 4.78 is 19.2. The van der Waals surface area contributed by atoms with Crippen LogP contribution in [0.2, 0.25) is 0 Å². The zero-order chi connectivity index (χ0) is 18.1. The minimum Gasteiger partial charge on any atom is -0.466 e. The molecule has 0 aromatic carbocycles. The zero-order valence-electron chi connectivity index (χ0n) is 14.7. The predicted octanol–water partition coefficient (Wildman–Crippen LogP) is 1.28. The standard InChI is InChI=1S/C14H23ClFN3O3.C2H6/c1-2-22-12(21)8-11(20)9-7-10(16)14(18-13(9)15)19-5-3-17-4-6-19;1-2/h9-10,13-14,17-18H,2-8H2,1H3;1-2H3. The van der Waals surface area contributed by atoms with E-state index in [1.54, 1.807) is 6.92 Å². The van der Waals surface area contributed by atoms with Crippen LogP contribution < -0.4 is 10.6 Å². The van der Waals surface area contributed by atoms with Gasteiger partial charge in [-0.1, -0.05) is 13.8 Å². The molecule has 140 valence electrons. The van der Waals surface area contributed by atoms with Crippen molar-refractivity contribution in [3.05, 3.63) is 0 Å². The Labute approximate surface area is 148 Å². The number of halogens is 2. The predicted molar refractivity (Wildman–Crippen MR) is 91.6 cm³/mol. The lowest BCUT2D eigenvalue weighted by Gasteiger charge is -2.43. The van der Waals surface area contributed by atoms with Crippen LogP contribution in [0.1, 0.15) is 33.6 Å². The number of carbonyl (C=O) groups is 2. The molecule has 2 aliphatic heterocycles. The van der Waals surface area contributed by atoms with Gasteiger partial charge in [0.1, 0.15) is 18.4 Å². The molecule has 2 aliphatic rings. The average Bonchev–Trinajstić information content (AvgIpc) is 2.59. The smallest absolute Gasteiger partial charge is 0.313 e. The number of ether oxygens (including phenoxy) is 1. The molecule has 0 spiro atoms. The summed E-state index contributed by atoms with van der Waals surface area (Å²) in [5, 5.41) is 6.20.